The zero-order chi connectivity index (χ0) is 32.7. The normalized spacial score (nSPS) is 17.7. The second-order valence-electron chi connectivity index (χ2n) is 14.4. The number of allylic oxidation sites excluding steroid dienone is 4. The van der Waals surface area contributed by atoms with Crippen LogP contribution in [0.15, 0.2) is 155 Å². The maximum absolute atomic E-state index is 6.52. The van der Waals surface area contributed by atoms with Crippen LogP contribution in [0.25, 0.3) is 55.3 Å². The molecule has 1 aromatic heterocycles. The molecule has 0 amide bonds. The molecule has 6 aromatic carbocycles. The van der Waals surface area contributed by atoms with Crippen molar-refractivity contribution in [3.05, 3.63) is 173 Å². The number of hydrogen-bond acceptors (Lipinski definition) is 2. The summed E-state index contributed by atoms with van der Waals surface area (Å²) < 4.78 is 6.52. The molecule has 0 spiro atoms. The average Bonchev–Trinajstić information content (AvgIpc) is 3.63. The number of anilines is 1. The molecular formula is C47H37NO. The fraction of sp³-hybridized carbons (Fsp3) is 0.149. The summed E-state index contributed by atoms with van der Waals surface area (Å²) in [5.74, 6) is 1.55. The number of fused-ring (bicyclic) bond motifs is 9. The van der Waals surface area contributed by atoms with Gasteiger partial charge in [-0.05, 0) is 104 Å². The highest BCUT2D eigenvalue weighted by atomic mass is 16.3. The second-order valence-corrected chi connectivity index (χ2v) is 14.4. The van der Waals surface area contributed by atoms with Gasteiger partial charge in [0.25, 0.3) is 0 Å². The van der Waals surface area contributed by atoms with Crippen molar-refractivity contribution in [1.82, 2.24) is 0 Å². The molecule has 49 heavy (non-hydrogen) atoms. The standard InChI is InChI=1S/C47H37NO/c1-47(2)42-20-8-7-18-39(42)40-28-34(22-24-43(40)47)48(33-15-9-14-32(27-33)37-19-10-13-30-11-3-5-16-36(30)37)35-23-26-44-41(29-35)46-38-17-6-4-12-31(38)21-25-45(46)49-44/h3-22,25,27-29,43H,23-24,26H2,1-2H3. The van der Waals surface area contributed by atoms with Crippen LogP contribution in [0.3, 0.4) is 0 Å². The molecule has 2 heteroatoms. The molecule has 0 saturated heterocycles. The molecular weight excluding hydrogens is 595 g/mol. The van der Waals surface area contributed by atoms with Crippen molar-refractivity contribution in [3.63, 3.8) is 0 Å². The van der Waals surface area contributed by atoms with Crippen molar-refractivity contribution in [1.29, 1.82) is 0 Å². The number of nitrogens with zero attached hydrogens (tertiary/aromatic N) is 1. The summed E-state index contributed by atoms with van der Waals surface area (Å²) in [5.41, 5.74) is 12.8. The molecule has 1 atom stereocenters. The van der Waals surface area contributed by atoms with Crippen molar-refractivity contribution >= 4 is 49.9 Å². The number of furan rings is 1. The predicted molar refractivity (Wildman–Crippen MR) is 206 cm³/mol. The van der Waals surface area contributed by atoms with Crippen molar-refractivity contribution in [2.45, 2.75) is 38.5 Å². The van der Waals surface area contributed by atoms with Crippen LogP contribution in [-0.2, 0) is 11.8 Å². The molecule has 0 fully saturated rings. The lowest BCUT2D eigenvalue weighted by atomic mass is 9.74. The first-order chi connectivity index (χ1) is 24.0. The summed E-state index contributed by atoms with van der Waals surface area (Å²) >= 11 is 0. The molecule has 1 heterocycles. The van der Waals surface area contributed by atoms with E-state index in [9.17, 15) is 0 Å². The van der Waals surface area contributed by atoms with Crippen LogP contribution in [-0.4, -0.2) is 0 Å². The number of benzene rings is 6. The van der Waals surface area contributed by atoms with Gasteiger partial charge in [0, 0.05) is 34.5 Å². The summed E-state index contributed by atoms with van der Waals surface area (Å²) in [6, 6.07) is 46.5. The summed E-state index contributed by atoms with van der Waals surface area (Å²) in [4.78, 5) is 2.54. The van der Waals surface area contributed by atoms with Gasteiger partial charge in [0.1, 0.15) is 11.3 Å². The maximum Gasteiger partial charge on any atom is 0.135 e. The van der Waals surface area contributed by atoms with E-state index in [4.69, 9.17) is 4.42 Å². The molecule has 0 aliphatic heterocycles. The Morgan fingerprint density at radius 3 is 2.31 bits per heavy atom. The maximum atomic E-state index is 6.52. The van der Waals surface area contributed by atoms with E-state index in [1.165, 1.54) is 77.4 Å². The quantitative estimate of drug-likeness (QED) is 0.192. The van der Waals surface area contributed by atoms with E-state index in [0.29, 0.717) is 5.92 Å². The Kier molecular flexibility index (Phi) is 6.21. The number of hydrogen-bond donors (Lipinski definition) is 0. The minimum atomic E-state index is 0.0966. The van der Waals surface area contributed by atoms with Crippen LogP contribution in [0.1, 0.15) is 49.1 Å². The molecule has 2 nitrogen and oxygen atoms in total. The van der Waals surface area contributed by atoms with E-state index in [1.807, 2.05) is 0 Å². The molecule has 10 rings (SSSR count). The largest absolute Gasteiger partial charge is 0.460 e. The minimum absolute atomic E-state index is 0.0966. The molecule has 0 saturated carbocycles. The van der Waals surface area contributed by atoms with Gasteiger partial charge in [0.2, 0.25) is 0 Å². The second kappa shape index (κ2) is 10.7. The van der Waals surface area contributed by atoms with E-state index in [1.54, 1.807) is 0 Å². The lowest BCUT2D eigenvalue weighted by Gasteiger charge is -2.35. The Hall–Kier alpha value is -5.60. The van der Waals surface area contributed by atoms with Gasteiger partial charge in [-0.1, -0.05) is 129 Å². The molecule has 3 aliphatic rings. The molecule has 0 N–H and O–H groups in total. The van der Waals surface area contributed by atoms with Gasteiger partial charge in [-0.25, -0.2) is 0 Å². The van der Waals surface area contributed by atoms with Gasteiger partial charge in [-0.2, -0.15) is 0 Å². The third kappa shape index (κ3) is 4.33. The van der Waals surface area contributed by atoms with E-state index in [-0.39, 0.29) is 5.41 Å². The van der Waals surface area contributed by atoms with Gasteiger partial charge in [0.15, 0.2) is 0 Å². The van der Waals surface area contributed by atoms with Crippen LogP contribution in [0.2, 0.25) is 0 Å². The Morgan fingerprint density at radius 1 is 0.673 bits per heavy atom. The van der Waals surface area contributed by atoms with Crippen molar-refractivity contribution in [2.75, 3.05) is 4.90 Å². The Bertz CT molecular complexity index is 2570. The van der Waals surface area contributed by atoms with Crippen LogP contribution in [0.4, 0.5) is 5.69 Å². The lowest BCUT2D eigenvalue weighted by Crippen LogP contribution is -2.28. The zero-order valence-corrected chi connectivity index (χ0v) is 27.9. The Balaban J connectivity index is 1.17. The van der Waals surface area contributed by atoms with Crippen molar-refractivity contribution in [2.24, 2.45) is 5.92 Å². The summed E-state index contributed by atoms with van der Waals surface area (Å²) in [6.45, 7) is 4.84. The van der Waals surface area contributed by atoms with E-state index in [0.717, 1.165) is 30.6 Å². The van der Waals surface area contributed by atoms with Crippen LogP contribution >= 0.6 is 0 Å². The molecule has 0 bridgehead atoms. The monoisotopic (exact) mass is 631 g/mol. The number of aryl methyl sites for hydroxylation is 1. The first-order valence-electron chi connectivity index (χ1n) is 17.6. The summed E-state index contributed by atoms with van der Waals surface area (Å²) in [7, 11) is 0. The summed E-state index contributed by atoms with van der Waals surface area (Å²) in [6.07, 6.45) is 10.2. The van der Waals surface area contributed by atoms with Gasteiger partial charge < -0.3 is 9.32 Å². The smallest absolute Gasteiger partial charge is 0.135 e. The minimum Gasteiger partial charge on any atom is -0.460 e. The van der Waals surface area contributed by atoms with Gasteiger partial charge in [-0.15, -0.1) is 0 Å². The lowest BCUT2D eigenvalue weighted by molar-refractivity contribution is 0.413. The van der Waals surface area contributed by atoms with Crippen molar-refractivity contribution in [3.8, 4) is 11.1 Å². The van der Waals surface area contributed by atoms with E-state index < -0.39 is 0 Å². The first kappa shape index (κ1) is 28.4. The highest BCUT2D eigenvalue weighted by Gasteiger charge is 2.43. The molecule has 0 radical (unpaired) electrons. The fourth-order valence-electron chi connectivity index (χ4n) is 8.98. The van der Waals surface area contributed by atoms with Crippen LogP contribution < -0.4 is 4.90 Å². The number of rotatable bonds is 4. The molecule has 1 unspecified atom stereocenters. The van der Waals surface area contributed by atoms with Crippen LogP contribution in [0.5, 0.6) is 0 Å². The topological polar surface area (TPSA) is 16.4 Å². The fourth-order valence-corrected chi connectivity index (χ4v) is 8.98. The highest BCUT2D eigenvalue weighted by molar-refractivity contribution is 6.10. The van der Waals surface area contributed by atoms with Gasteiger partial charge >= 0.3 is 0 Å². The zero-order valence-electron chi connectivity index (χ0n) is 27.9. The van der Waals surface area contributed by atoms with E-state index in [2.05, 4.69) is 164 Å². The van der Waals surface area contributed by atoms with Gasteiger partial charge in [0.05, 0.1) is 0 Å². The Morgan fingerprint density at radius 2 is 1.41 bits per heavy atom. The Labute approximate surface area is 287 Å². The van der Waals surface area contributed by atoms with Gasteiger partial charge in [-0.3, -0.25) is 0 Å². The van der Waals surface area contributed by atoms with E-state index >= 15 is 0 Å². The average molecular weight is 632 g/mol. The summed E-state index contributed by atoms with van der Waals surface area (Å²) in [5, 5.41) is 6.25. The first-order valence-corrected chi connectivity index (χ1v) is 17.6. The molecule has 7 aromatic rings. The predicted octanol–water partition coefficient (Wildman–Crippen LogP) is 12.5. The van der Waals surface area contributed by atoms with Crippen molar-refractivity contribution < 1.29 is 4.42 Å². The third-order valence-corrected chi connectivity index (χ3v) is 11.4. The third-order valence-electron chi connectivity index (χ3n) is 11.4. The highest BCUT2D eigenvalue weighted by Crippen LogP contribution is 2.54. The molecule has 3 aliphatic carbocycles. The SMILES string of the molecule is CC1(C)c2ccccc2C2=CC(N(C3=Cc4c(oc5ccc6ccccc6c45)CC3)c3cccc(-c4cccc5ccccc45)c3)=CCC21. The molecule has 236 valence electrons. The van der Waals surface area contributed by atoms with Crippen LogP contribution in [0, 0.1) is 5.92 Å².